The van der Waals surface area contributed by atoms with Gasteiger partial charge in [-0.1, -0.05) is 20.8 Å². The van der Waals surface area contributed by atoms with Crippen LogP contribution in [0.1, 0.15) is 41.0 Å². The summed E-state index contributed by atoms with van der Waals surface area (Å²) in [5.74, 6) is -0.512. The molecule has 0 saturated carbocycles. The number of carbonyl (C=O) groups excluding carboxylic acids is 1. The average molecular weight is 209 g/mol. The molecule has 0 bridgehead atoms. The molecular formula is C12H19NO2. The third kappa shape index (κ3) is 5.21. The Labute approximate surface area is 91.7 Å². The third-order valence-electron chi connectivity index (χ3n) is 1.81. The predicted molar refractivity (Wildman–Crippen MR) is 59.0 cm³/mol. The van der Waals surface area contributed by atoms with Crippen LogP contribution < -0.4 is 0 Å². The van der Waals surface area contributed by atoms with Crippen molar-refractivity contribution in [2.24, 2.45) is 5.41 Å². The summed E-state index contributed by atoms with van der Waals surface area (Å²) < 4.78 is 4.81. The van der Waals surface area contributed by atoms with E-state index < -0.39 is 5.97 Å². The van der Waals surface area contributed by atoms with Gasteiger partial charge < -0.3 is 4.74 Å². The van der Waals surface area contributed by atoms with Gasteiger partial charge >= 0.3 is 5.97 Å². The summed E-state index contributed by atoms with van der Waals surface area (Å²) in [5.41, 5.74) is 1.01. The van der Waals surface area contributed by atoms with Gasteiger partial charge in [-0.25, -0.2) is 4.79 Å². The van der Waals surface area contributed by atoms with Crippen molar-refractivity contribution in [2.75, 3.05) is 6.61 Å². The van der Waals surface area contributed by atoms with Gasteiger partial charge in [0.1, 0.15) is 11.6 Å². The van der Waals surface area contributed by atoms with E-state index in [1.807, 2.05) is 6.07 Å². The molecule has 0 N–H and O–H groups in total. The second kappa shape index (κ2) is 5.55. The van der Waals surface area contributed by atoms with E-state index in [2.05, 4.69) is 20.8 Å². The van der Waals surface area contributed by atoms with Gasteiger partial charge in [-0.15, -0.1) is 0 Å². The van der Waals surface area contributed by atoms with Gasteiger partial charge in [0.15, 0.2) is 0 Å². The number of ether oxygens (including phenoxy) is 1. The molecule has 0 fully saturated rings. The van der Waals surface area contributed by atoms with E-state index in [4.69, 9.17) is 10.00 Å². The van der Waals surface area contributed by atoms with Crippen molar-refractivity contribution >= 4 is 5.97 Å². The van der Waals surface area contributed by atoms with Gasteiger partial charge in [-0.3, -0.25) is 0 Å². The Hall–Kier alpha value is -1.30. The zero-order valence-corrected chi connectivity index (χ0v) is 10.2. The van der Waals surface area contributed by atoms with Crippen LogP contribution in [0.2, 0.25) is 0 Å². The van der Waals surface area contributed by atoms with Crippen molar-refractivity contribution in [1.82, 2.24) is 0 Å². The number of esters is 1. The topological polar surface area (TPSA) is 50.1 Å². The van der Waals surface area contributed by atoms with Gasteiger partial charge in [0.2, 0.25) is 0 Å². The molecule has 3 heteroatoms. The molecule has 0 amide bonds. The van der Waals surface area contributed by atoms with Crippen LogP contribution >= 0.6 is 0 Å². The smallest absolute Gasteiger partial charge is 0.348 e. The Kier molecular flexibility index (Phi) is 5.07. The highest BCUT2D eigenvalue weighted by Gasteiger charge is 2.18. The van der Waals surface area contributed by atoms with Crippen LogP contribution in [0.5, 0.6) is 0 Å². The standard InChI is InChI=1S/C12H19NO2/c1-6-15-11(14)10(8-13)9(2)7-12(3,4)5/h6-7H2,1-5H3/b10-9+. The maximum atomic E-state index is 11.4. The molecule has 0 radical (unpaired) electrons. The molecule has 15 heavy (non-hydrogen) atoms. The molecule has 84 valence electrons. The van der Waals surface area contributed by atoms with Gasteiger partial charge in [-0.05, 0) is 31.3 Å². The molecule has 0 aromatic rings. The first-order valence-electron chi connectivity index (χ1n) is 5.08. The maximum absolute atomic E-state index is 11.4. The highest BCUT2D eigenvalue weighted by atomic mass is 16.5. The highest BCUT2D eigenvalue weighted by Crippen LogP contribution is 2.25. The highest BCUT2D eigenvalue weighted by molar-refractivity contribution is 5.93. The third-order valence-corrected chi connectivity index (χ3v) is 1.81. The van der Waals surface area contributed by atoms with E-state index in [0.717, 1.165) is 5.57 Å². The van der Waals surface area contributed by atoms with Gasteiger partial charge in [0.05, 0.1) is 6.61 Å². The molecular weight excluding hydrogens is 190 g/mol. The van der Waals surface area contributed by atoms with Crippen molar-refractivity contribution < 1.29 is 9.53 Å². The number of nitriles is 1. The molecule has 0 aromatic heterocycles. The average Bonchev–Trinajstić information content (AvgIpc) is 2.02. The molecule has 0 saturated heterocycles. The van der Waals surface area contributed by atoms with Crippen molar-refractivity contribution in [3.63, 3.8) is 0 Å². The second-order valence-corrected chi connectivity index (χ2v) is 4.73. The summed E-state index contributed by atoms with van der Waals surface area (Å²) in [6.45, 7) is 10.0. The van der Waals surface area contributed by atoms with E-state index in [1.54, 1.807) is 13.8 Å². The monoisotopic (exact) mass is 209 g/mol. The molecule has 0 heterocycles. The Morgan fingerprint density at radius 2 is 1.93 bits per heavy atom. The summed E-state index contributed by atoms with van der Waals surface area (Å²) in [4.78, 5) is 11.4. The SMILES string of the molecule is CCOC(=O)/C(C#N)=C(\C)CC(C)(C)C. The van der Waals surface area contributed by atoms with Crippen LogP contribution in [0.15, 0.2) is 11.1 Å². The normalized spacial score (nSPS) is 12.8. The minimum Gasteiger partial charge on any atom is -0.462 e. The van der Waals surface area contributed by atoms with Crippen molar-refractivity contribution in [2.45, 2.75) is 41.0 Å². The maximum Gasteiger partial charge on any atom is 0.348 e. The van der Waals surface area contributed by atoms with Gasteiger partial charge in [0, 0.05) is 0 Å². The fourth-order valence-corrected chi connectivity index (χ4v) is 1.40. The van der Waals surface area contributed by atoms with E-state index in [9.17, 15) is 4.79 Å². The first kappa shape index (κ1) is 13.7. The fraction of sp³-hybridized carbons (Fsp3) is 0.667. The summed E-state index contributed by atoms with van der Waals surface area (Å²) in [5, 5.41) is 8.88. The summed E-state index contributed by atoms with van der Waals surface area (Å²) in [6, 6.07) is 1.91. The number of hydrogen-bond acceptors (Lipinski definition) is 3. The largest absolute Gasteiger partial charge is 0.462 e. The number of allylic oxidation sites excluding steroid dienone is 1. The van der Waals surface area contributed by atoms with Crippen LogP contribution in [0.4, 0.5) is 0 Å². The van der Waals surface area contributed by atoms with Crippen LogP contribution in [0.3, 0.4) is 0 Å². The van der Waals surface area contributed by atoms with E-state index >= 15 is 0 Å². The second-order valence-electron chi connectivity index (χ2n) is 4.73. The Bertz CT molecular complexity index is 303. The lowest BCUT2D eigenvalue weighted by Gasteiger charge is -2.18. The first-order chi connectivity index (χ1) is 6.81. The quantitative estimate of drug-likeness (QED) is 0.408. The van der Waals surface area contributed by atoms with E-state index in [-0.39, 0.29) is 11.0 Å². The summed E-state index contributed by atoms with van der Waals surface area (Å²) in [6.07, 6.45) is 0.717. The molecule has 0 rings (SSSR count). The predicted octanol–water partition coefficient (Wildman–Crippen LogP) is 2.83. The lowest BCUT2D eigenvalue weighted by molar-refractivity contribution is -0.138. The minimum atomic E-state index is -0.512. The number of rotatable bonds is 3. The molecule has 0 aliphatic heterocycles. The van der Waals surface area contributed by atoms with Crippen LogP contribution in [-0.4, -0.2) is 12.6 Å². The zero-order chi connectivity index (χ0) is 12.1. The lowest BCUT2D eigenvalue weighted by atomic mass is 9.87. The van der Waals surface area contributed by atoms with Crippen LogP contribution in [0.25, 0.3) is 0 Å². The van der Waals surface area contributed by atoms with Crippen molar-refractivity contribution in [3.05, 3.63) is 11.1 Å². The Morgan fingerprint density at radius 3 is 2.27 bits per heavy atom. The number of carbonyl (C=O) groups is 1. The molecule has 3 nitrogen and oxygen atoms in total. The number of nitrogens with zero attached hydrogens (tertiary/aromatic N) is 1. The van der Waals surface area contributed by atoms with Gasteiger partial charge in [0.25, 0.3) is 0 Å². The summed E-state index contributed by atoms with van der Waals surface area (Å²) >= 11 is 0. The van der Waals surface area contributed by atoms with E-state index in [0.29, 0.717) is 13.0 Å². The first-order valence-corrected chi connectivity index (χ1v) is 5.08. The molecule has 0 aliphatic carbocycles. The van der Waals surface area contributed by atoms with Crippen LogP contribution in [-0.2, 0) is 9.53 Å². The summed E-state index contributed by atoms with van der Waals surface area (Å²) in [7, 11) is 0. The lowest BCUT2D eigenvalue weighted by Crippen LogP contribution is -2.12. The molecule has 0 unspecified atom stereocenters. The number of hydrogen-bond donors (Lipinski definition) is 0. The van der Waals surface area contributed by atoms with Gasteiger partial charge in [-0.2, -0.15) is 5.26 Å². The molecule has 0 aromatic carbocycles. The van der Waals surface area contributed by atoms with E-state index in [1.165, 1.54) is 0 Å². The Balaban J connectivity index is 4.85. The van der Waals surface area contributed by atoms with Crippen molar-refractivity contribution in [3.8, 4) is 6.07 Å². The Morgan fingerprint density at radius 1 is 1.40 bits per heavy atom. The molecule has 0 aliphatic rings. The fourth-order valence-electron chi connectivity index (χ4n) is 1.40. The van der Waals surface area contributed by atoms with Crippen LogP contribution in [0, 0.1) is 16.7 Å². The molecule has 0 atom stereocenters. The minimum absolute atomic E-state index is 0.0681. The molecule has 0 spiro atoms. The van der Waals surface area contributed by atoms with Crippen molar-refractivity contribution in [1.29, 1.82) is 5.26 Å². The zero-order valence-electron chi connectivity index (χ0n) is 10.2.